The Morgan fingerprint density at radius 2 is 1.69 bits per heavy atom. The van der Waals surface area contributed by atoms with Crippen molar-refractivity contribution in [1.29, 1.82) is 5.41 Å². The molecule has 2 aromatic heterocycles. The van der Waals surface area contributed by atoms with E-state index < -0.39 is 0 Å². The largest absolute Gasteiger partial charge is 0.457 e. The van der Waals surface area contributed by atoms with Crippen LogP contribution in [0.2, 0.25) is 0 Å². The number of nitrogens with two attached hydrogens (primary N) is 1. The van der Waals surface area contributed by atoms with E-state index >= 15 is 0 Å². The number of aromatic nitrogens is 4. The van der Waals surface area contributed by atoms with Gasteiger partial charge in [0, 0.05) is 11.8 Å². The lowest BCUT2D eigenvalue weighted by Gasteiger charge is -2.06. The van der Waals surface area contributed by atoms with Crippen molar-refractivity contribution in [3.8, 4) is 34.3 Å². The van der Waals surface area contributed by atoms with E-state index in [0.717, 1.165) is 17.0 Å². The number of imidazole rings is 1. The van der Waals surface area contributed by atoms with Crippen molar-refractivity contribution in [2.75, 3.05) is 0 Å². The van der Waals surface area contributed by atoms with Gasteiger partial charge in [-0.15, -0.1) is 0 Å². The summed E-state index contributed by atoms with van der Waals surface area (Å²) < 4.78 is 5.80. The normalized spacial score (nSPS) is 10.6. The third kappa shape index (κ3) is 3.05. The molecule has 0 aliphatic carbocycles. The lowest BCUT2D eigenvalue weighted by molar-refractivity contribution is 0.483. The third-order valence-electron chi connectivity index (χ3n) is 3.84. The molecule has 0 aliphatic rings. The number of H-pyrrole nitrogens is 2. The maximum atomic E-state index is 7.81. The van der Waals surface area contributed by atoms with Gasteiger partial charge in [0.2, 0.25) is 0 Å². The quantitative estimate of drug-likeness (QED) is 0.327. The average Bonchev–Trinajstić information content (AvgIpc) is 3.33. The summed E-state index contributed by atoms with van der Waals surface area (Å²) in [4.78, 5) is 7.64. The summed E-state index contributed by atoms with van der Waals surface area (Å²) in [5, 5.41) is 14.6. The monoisotopic (exact) mass is 344 g/mol. The topological polar surface area (TPSA) is 116 Å². The molecule has 7 nitrogen and oxygen atoms in total. The highest BCUT2D eigenvalue weighted by atomic mass is 16.5. The van der Waals surface area contributed by atoms with Crippen molar-refractivity contribution >= 4 is 5.84 Å². The van der Waals surface area contributed by atoms with Gasteiger partial charge in [-0.25, -0.2) is 4.98 Å². The summed E-state index contributed by atoms with van der Waals surface area (Å²) in [6, 6.07) is 18.9. The Labute approximate surface area is 149 Å². The summed E-state index contributed by atoms with van der Waals surface area (Å²) in [5.41, 5.74) is 8.34. The van der Waals surface area contributed by atoms with Gasteiger partial charge in [-0.2, -0.15) is 5.10 Å². The number of para-hydroxylation sites is 1. The number of nitrogens with one attached hydrogen (secondary N) is 3. The number of ether oxygens (including phenoxy) is 1. The molecule has 2 heterocycles. The molecule has 4 rings (SSSR count). The number of hydrogen-bond acceptors (Lipinski definition) is 4. The van der Waals surface area contributed by atoms with Crippen LogP contribution < -0.4 is 10.5 Å². The summed E-state index contributed by atoms with van der Waals surface area (Å²) >= 11 is 0. The maximum Gasteiger partial charge on any atom is 0.156 e. The van der Waals surface area contributed by atoms with Crippen molar-refractivity contribution in [2.24, 2.45) is 5.73 Å². The number of aromatic amines is 2. The molecule has 0 saturated carbocycles. The van der Waals surface area contributed by atoms with Crippen LogP contribution in [0.3, 0.4) is 0 Å². The Kier molecular flexibility index (Phi) is 3.95. The zero-order chi connectivity index (χ0) is 17.9. The fourth-order valence-electron chi connectivity index (χ4n) is 2.60. The molecule has 128 valence electrons. The fourth-order valence-corrected chi connectivity index (χ4v) is 2.60. The van der Waals surface area contributed by atoms with Crippen LogP contribution in [-0.4, -0.2) is 26.0 Å². The highest BCUT2D eigenvalue weighted by Gasteiger charge is 2.16. The van der Waals surface area contributed by atoms with Gasteiger partial charge in [0.1, 0.15) is 34.4 Å². The second kappa shape index (κ2) is 6.56. The van der Waals surface area contributed by atoms with Crippen LogP contribution in [0.1, 0.15) is 5.69 Å². The fraction of sp³-hybridized carbons (Fsp3) is 0. The first kappa shape index (κ1) is 15.6. The zero-order valence-corrected chi connectivity index (χ0v) is 13.7. The van der Waals surface area contributed by atoms with Crippen molar-refractivity contribution in [2.45, 2.75) is 0 Å². The first-order chi connectivity index (χ1) is 12.7. The maximum absolute atomic E-state index is 7.81. The number of nitrogens with zero attached hydrogens (tertiary/aromatic N) is 2. The van der Waals surface area contributed by atoms with Crippen LogP contribution in [0.15, 0.2) is 66.9 Å². The molecular weight excluding hydrogens is 328 g/mol. The molecule has 7 heteroatoms. The minimum atomic E-state index is -0.0807. The van der Waals surface area contributed by atoms with Gasteiger partial charge in [-0.3, -0.25) is 10.5 Å². The molecule has 0 atom stereocenters. The van der Waals surface area contributed by atoms with E-state index in [2.05, 4.69) is 20.2 Å². The number of nitrogen functional groups attached to an aromatic ring is 1. The van der Waals surface area contributed by atoms with Gasteiger partial charge in [0.05, 0.1) is 0 Å². The Morgan fingerprint density at radius 1 is 0.962 bits per heavy atom. The van der Waals surface area contributed by atoms with E-state index in [0.29, 0.717) is 23.0 Å². The van der Waals surface area contributed by atoms with Crippen molar-refractivity contribution in [1.82, 2.24) is 20.2 Å². The van der Waals surface area contributed by atoms with Gasteiger partial charge in [-0.1, -0.05) is 18.2 Å². The van der Waals surface area contributed by atoms with E-state index in [-0.39, 0.29) is 5.84 Å². The molecule has 0 unspecified atom stereocenters. The first-order valence-electron chi connectivity index (χ1n) is 7.98. The molecule has 0 amide bonds. The second-order valence-corrected chi connectivity index (χ2v) is 5.63. The van der Waals surface area contributed by atoms with E-state index in [9.17, 15) is 0 Å². The molecule has 0 spiro atoms. The Hall–Kier alpha value is -3.87. The average molecular weight is 344 g/mol. The predicted molar refractivity (Wildman–Crippen MR) is 99.1 cm³/mol. The minimum absolute atomic E-state index is 0.0807. The van der Waals surface area contributed by atoms with Crippen LogP contribution in [0, 0.1) is 5.41 Å². The smallest absolute Gasteiger partial charge is 0.156 e. The Bertz CT molecular complexity index is 1020. The molecular formula is C19H16N6O. The van der Waals surface area contributed by atoms with Crippen LogP contribution in [-0.2, 0) is 0 Å². The first-order valence-corrected chi connectivity index (χ1v) is 7.98. The summed E-state index contributed by atoms with van der Waals surface area (Å²) in [5.74, 6) is 1.98. The van der Waals surface area contributed by atoms with Crippen LogP contribution in [0.25, 0.3) is 22.8 Å². The van der Waals surface area contributed by atoms with E-state index in [4.69, 9.17) is 15.9 Å². The number of hydrogen-bond donors (Lipinski definition) is 4. The molecule has 26 heavy (non-hydrogen) atoms. The molecule has 5 N–H and O–H groups in total. The third-order valence-corrected chi connectivity index (χ3v) is 3.84. The lowest BCUT2D eigenvalue weighted by Crippen LogP contribution is -2.12. The molecule has 0 bridgehead atoms. The molecule has 0 saturated heterocycles. The molecule has 4 aromatic rings. The number of rotatable bonds is 5. The van der Waals surface area contributed by atoms with Crippen molar-refractivity contribution in [3.05, 3.63) is 72.6 Å². The van der Waals surface area contributed by atoms with E-state index in [1.54, 1.807) is 12.3 Å². The van der Waals surface area contributed by atoms with Gasteiger partial charge in [0.15, 0.2) is 5.82 Å². The molecule has 0 radical (unpaired) electrons. The van der Waals surface area contributed by atoms with Crippen LogP contribution >= 0.6 is 0 Å². The van der Waals surface area contributed by atoms with Gasteiger partial charge in [-0.05, 0) is 42.5 Å². The summed E-state index contributed by atoms with van der Waals surface area (Å²) in [6.45, 7) is 0. The molecule has 2 aromatic carbocycles. The summed E-state index contributed by atoms with van der Waals surface area (Å²) in [7, 11) is 0. The zero-order valence-electron chi connectivity index (χ0n) is 13.7. The minimum Gasteiger partial charge on any atom is -0.457 e. The van der Waals surface area contributed by atoms with Gasteiger partial charge in [0.25, 0.3) is 0 Å². The van der Waals surface area contributed by atoms with Crippen LogP contribution in [0.4, 0.5) is 0 Å². The van der Waals surface area contributed by atoms with E-state index in [1.807, 2.05) is 54.6 Å². The predicted octanol–water partition coefficient (Wildman–Crippen LogP) is 3.54. The second-order valence-electron chi connectivity index (χ2n) is 5.63. The van der Waals surface area contributed by atoms with Crippen molar-refractivity contribution in [3.63, 3.8) is 0 Å². The van der Waals surface area contributed by atoms with Gasteiger partial charge < -0.3 is 15.5 Å². The molecule has 0 fully saturated rings. The Balaban J connectivity index is 1.66. The standard InChI is InChI=1S/C19H16N6O/c20-18(21)17-16(23-19(24-17)15-10-11-22-25-15)12-6-8-14(9-7-12)26-13-4-2-1-3-5-13/h1-11H,(H3,20,21)(H,22,25)(H,23,24). The Morgan fingerprint density at radius 3 is 2.35 bits per heavy atom. The van der Waals surface area contributed by atoms with E-state index in [1.165, 1.54) is 0 Å². The number of benzene rings is 2. The van der Waals surface area contributed by atoms with Crippen LogP contribution in [0.5, 0.6) is 11.5 Å². The highest BCUT2D eigenvalue weighted by Crippen LogP contribution is 2.28. The molecule has 0 aliphatic heterocycles. The lowest BCUT2D eigenvalue weighted by atomic mass is 10.1. The van der Waals surface area contributed by atoms with Crippen molar-refractivity contribution < 1.29 is 4.74 Å². The van der Waals surface area contributed by atoms with Gasteiger partial charge >= 0.3 is 0 Å². The SMILES string of the molecule is N=C(N)c1[nH]c(-c2ccn[nH]2)nc1-c1ccc(Oc2ccccc2)cc1. The summed E-state index contributed by atoms with van der Waals surface area (Å²) in [6.07, 6.45) is 1.64. The highest BCUT2D eigenvalue weighted by molar-refractivity contribution is 5.99. The number of amidine groups is 1.